The van der Waals surface area contributed by atoms with Gasteiger partial charge in [0.2, 0.25) is 5.95 Å². The highest BCUT2D eigenvalue weighted by molar-refractivity contribution is 6.35. The molecule has 0 unspecified atom stereocenters. The highest BCUT2D eigenvalue weighted by Gasteiger charge is 2.03. The molecule has 1 heterocycles. The second-order valence-corrected chi connectivity index (χ2v) is 6.16. The van der Waals surface area contributed by atoms with Crippen LogP contribution in [0.15, 0.2) is 54.7 Å². The Hall–Kier alpha value is -2.37. The Morgan fingerprint density at radius 2 is 1.92 bits per heavy atom. The predicted molar refractivity (Wildman–Crippen MR) is 100 cm³/mol. The van der Waals surface area contributed by atoms with Crippen molar-refractivity contribution in [1.29, 1.82) is 0 Å². The van der Waals surface area contributed by atoms with Crippen LogP contribution >= 0.6 is 23.2 Å². The number of aromatic nitrogens is 2. The highest BCUT2D eigenvalue weighted by Crippen LogP contribution is 2.21. The van der Waals surface area contributed by atoms with E-state index < -0.39 is 0 Å². The molecule has 4 nitrogen and oxygen atoms in total. The number of anilines is 3. The number of benzene rings is 2. The van der Waals surface area contributed by atoms with Crippen molar-refractivity contribution in [2.75, 3.05) is 17.2 Å². The molecule has 3 rings (SSSR count). The Balaban J connectivity index is 1.60. The van der Waals surface area contributed by atoms with Gasteiger partial charge in [-0.2, -0.15) is 4.98 Å². The molecule has 0 saturated heterocycles. The summed E-state index contributed by atoms with van der Waals surface area (Å²) in [5.41, 5.74) is 1.59. The van der Waals surface area contributed by atoms with Crippen molar-refractivity contribution in [2.24, 2.45) is 0 Å². The average molecular weight is 377 g/mol. The number of hydrogen-bond donors (Lipinski definition) is 2. The standard InChI is InChI=1S/C18H15Cl2FN4/c19-13-5-4-12(16(20)10-13)6-8-22-17-7-9-23-18(25-17)24-15-3-1-2-14(21)11-15/h1-5,7,9-11H,6,8H2,(H2,22,23,24,25). The van der Waals surface area contributed by atoms with E-state index in [1.807, 2.05) is 12.1 Å². The van der Waals surface area contributed by atoms with Crippen LogP contribution in [-0.4, -0.2) is 16.5 Å². The van der Waals surface area contributed by atoms with E-state index in [9.17, 15) is 4.39 Å². The van der Waals surface area contributed by atoms with Crippen molar-refractivity contribution < 1.29 is 4.39 Å². The Kier molecular flexibility index (Phi) is 5.68. The number of halogens is 3. The molecule has 0 atom stereocenters. The maximum Gasteiger partial charge on any atom is 0.229 e. The summed E-state index contributed by atoms with van der Waals surface area (Å²) in [5.74, 6) is 0.734. The van der Waals surface area contributed by atoms with Crippen LogP contribution in [0, 0.1) is 5.82 Å². The lowest BCUT2D eigenvalue weighted by atomic mass is 10.1. The lowest BCUT2D eigenvalue weighted by Gasteiger charge is -2.09. The van der Waals surface area contributed by atoms with E-state index in [2.05, 4.69) is 20.6 Å². The van der Waals surface area contributed by atoms with Crippen LogP contribution in [0.4, 0.5) is 21.8 Å². The van der Waals surface area contributed by atoms with Crippen molar-refractivity contribution in [3.05, 3.63) is 76.2 Å². The third-order valence-electron chi connectivity index (χ3n) is 3.45. The molecular formula is C18H15Cl2FN4. The molecule has 2 N–H and O–H groups in total. The van der Waals surface area contributed by atoms with Gasteiger partial charge in [-0.05, 0) is 48.4 Å². The third kappa shape index (κ3) is 5.05. The van der Waals surface area contributed by atoms with Gasteiger partial charge in [0, 0.05) is 28.5 Å². The van der Waals surface area contributed by atoms with Gasteiger partial charge < -0.3 is 10.6 Å². The fraction of sp³-hybridized carbons (Fsp3) is 0.111. The number of rotatable bonds is 6. The van der Waals surface area contributed by atoms with Gasteiger partial charge in [0.05, 0.1) is 0 Å². The molecule has 0 fully saturated rings. The largest absolute Gasteiger partial charge is 0.370 e. The fourth-order valence-corrected chi connectivity index (χ4v) is 2.77. The van der Waals surface area contributed by atoms with Crippen molar-refractivity contribution in [1.82, 2.24) is 9.97 Å². The molecule has 25 heavy (non-hydrogen) atoms. The first-order chi connectivity index (χ1) is 12.1. The third-order valence-corrected chi connectivity index (χ3v) is 4.04. The van der Waals surface area contributed by atoms with E-state index in [0.717, 1.165) is 12.0 Å². The lowest BCUT2D eigenvalue weighted by Crippen LogP contribution is -2.08. The molecular weight excluding hydrogens is 362 g/mol. The monoisotopic (exact) mass is 376 g/mol. The van der Waals surface area contributed by atoms with E-state index >= 15 is 0 Å². The Morgan fingerprint density at radius 3 is 2.72 bits per heavy atom. The van der Waals surface area contributed by atoms with Crippen LogP contribution in [0.1, 0.15) is 5.56 Å². The maximum atomic E-state index is 13.2. The van der Waals surface area contributed by atoms with Crippen LogP contribution in [0.2, 0.25) is 10.0 Å². The summed E-state index contributed by atoms with van der Waals surface area (Å²) in [6.45, 7) is 0.651. The SMILES string of the molecule is Fc1cccc(Nc2nccc(NCCc3ccc(Cl)cc3Cl)n2)c1. The van der Waals surface area contributed by atoms with Crippen LogP contribution < -0.4 is 10.6 Å². The van der Waals surface area contributed by atoms with E-state index in [1.54, 1.807) is 30.5 Å². The predicted octanol–water partition coefficient (Wildman–Crippen LogP) is 5.32. The molecule has 0 amide bonds. The summed E-state index contributed by atoms with van der Waals surface area (Å²) in [7, 11) is 0. The summed E-state index contributed by atoms with van der Waals surface area (Å²) in [6, 6.07) is 13.3. The van der Waals surface area contributed by atoms with Gasteiger partial charge in [-0.1, -0.05) is 35.3 Å². The molecule has 0 bridgehead atoms. The van der Waals surface area contributed by atoms with Crippen molar-refractivity contribution in [3.8, 4) is 0 Å². The molecule has 0 aliphatic heterocycles. The molecule has 0 spiro atoms. The summed E-state index contributed by atoms with van der Waals surface area (Å²) in [4.78, 5) is 8.49. The molecule has 0 saturated carbocycles. The van der Waals surface area contributed by atoms with Gasteiger partial charge in [-0.25, -0.2) is 9.37 Å². The molecule has 0 aliphatic carbocycles. The minimum atomic E-state index is -0.320. The number of nitrogens with zero attached hydrogens (tertiary/aromatic N) is 2. The molecule has 7 heteroatoms. The molecule has 128 valence electrons. The van der Waals surface area contributed by atoms with Crippen LogP contribution in [0.25, 0.3) is 0 Å². The number of nitrogens with one attached hydrogen (secondary N) is 2. The Bertz CT molecular complexity index is 873. The van der Waals surface area contributed by atoms with Gasteiger partial charge in [0.15, 0.2) is 0 Å². The molecule has 0 radical (unpaired) electrons. The molecule has 1 aromatic heterocycles. The van der Waals surface area contributed by atoms with E-state index in [4.69, 9.17) is 23.2 Å². The highest BCUT2D eigenvalue weighted by atomic mass is 35.5. The maximum absolute atomic E-state index is 13.2. The van der Waals surface area contributed by atoms with Gasteiger partial charge >= 0.3 is 0 Å². The summed E-state index contributed by atoms with van der Waals surface area (Å²) < 4.78 is 13.2. The fourth-order valence-electron chi connectivity index (χ4n) is 2.26. The smallest absolute Gasteiger partial charge is 0.229 e. The summed E-state index contributed by atoms with van der Waals surface area (Å²) >= 11 is 12.1. The zero-order valence-electron chi connectivity index (χ0n) is 13.1. The van der Waals surface area contributed by atoms with Crippen LogP contribution in [0.5, 0.6) is 0 Å². The van der Waals surface area contributed by atoms with Gasteiger partial charge in [-0.3, -0.25) is 0 Å². The van der Waals surface area contributed by atoms with E-state index in [-0.39, 0.29) is 5.82 Å². The first-order valence-electron chi connectivity index (χ1n) is 7.63. The molecule has 2 aromatic carbocycles. The van der Waals surface area contributed by atoms with Crippen molar-refractivity contribution in [2.45, 2.75) is 6.42 Å². The van der Waals surface area contributed by atoms with Crippen molar-refractivity contribution >= 4 is 40.7 Å². The van der Waals surface area contributed by atoms with Crippen LogP contribution in [0.3, 0.4) is 0 Å². The Morgan fingerprint density at radius 1 is 1.04 bits per heavy atom. The second-order valence-electron chi connectivity index (χ2n) is 5.31. The van der Waals surface area contributed by atoms with Crippen LogP contribution in [-0.2, 0) is 6.42 Å². The summed E-state index contributed by atoms with van der Waals surface area (Å²) in [5, 5.41) is 7.45. The van der Waals surface area contributed by atoms with Gasteiger partial charge in [-0.15, -0.1) is 0 Å². The average Bonchev–Trinajstić information content (AvgIpc) is 2.57. The first-order valence-corrected chi connectivity index (χ1v) is 8.39. The lowest BCUT2D eigenvalue weighted by molar-refractivity contribution is 0.628. The van der Waals surface area contributed by atoms with Crippen molar-refractivity contribution in [3.63, 3.8) is 0 Å². The molecule has 0 aliphatic rings. The number of hydrogen-bond acceptors (Lipinski definition) is 4. The van der Waals surface area contributed by atoms with E-state index in [0.29, 0.717) is 34.0 Å². The zero-order chi connectivity index (χ0) is 17.6. The zero-order valence-corrected chi connectivity index (χ0v) is 14.7. The summed E-state index contributed by atoms with van der Waals surface area (Å²) in [6.07, 6.45) is 2.36. The first kappa shape index (κ1) is 17.5. The topological polar surface area (TPSA) is 49.8 Å². The van der Waals surface area contributed by atoms with E-state index in [1.165, 1.54) is 12.1 Å². The van der Waals surface area contributed by atoms with Gasteiger partial charge in [0.25, 0.3) is 0 Å². The molecule has 3 aromatic rings. The normalized spacial score (nSPS) is 10.5. The quantitative estimate of drug-likeness (QED) is 0.610. The minimum Gasteiger partial charge on any atom is -0.370 e. The second kappa shape index (κ2) is 8.14. The minimum absolute atomic E-state index is 0.320. The van der Waals surface area contributed by atoms with Gasteiger partial charge in [0.1, 0.15) is 11.6 Å². The Labute approximate surface area is 155 Å².